The minimum absolute atomic E-state index is 0.484. The zero-order valence-electron chi connectivity index (χ0n) is 10.4. The van der Waals surface area contributed by atoms with Crippen LogP contribution in [0.5, 0.6) is 0 Å². The molecule has 0 aliphatic carbocycles. The number of benzene rings is 2. The van der Waals surface area contributed by atoms with Gasteiger partial charge >= 0.3 is 122 Å². The summed E-state index contributed by atoms with van der Waals surface area (Å²) in [7, 11) is 0. The molecule has 0 saturated carbocycles. The molecule has 0 N–H and O–H groups in total. The van der Waals surface area contributed by atoms with E-state index in [9.17, 15) is 0 Å². The zero-order chi connectivity index (χ0) is 12.6. The summed E-state index contributed by atoms with van der Waals surface area (Å²) in [5, 5.41) is 1.23. The van der Waals surface area contributed by atoms with E-state index in [1.165, 1.54) is 19.8 Å². The predicted molar refractivity (Wildman–Crippen MR) is 82.2 cm³/mol. The van der Waals surface area contributed by atoms with Gasteiger partial charge in [0.2, 0.25) is 0 Å². The van der Waals surface area contributed by atoms with Gasteiger partial charge in [0.05, 0.1) is 0 Å². The first-order chi connectivity index (χ1) is 8.84. The SMILES string of the molecule is CC(=C[Se]c1ccccc1)C[Se]c1ccccc1. The van der Waals surface area contributed by atoms with Crippen LogP contribution in [0.2, 0.25) is 5.32 Å². The van der Waals surface area contributed by atoms with E-state index in [4.69, 9.17) is 0 Å². The van der Waals surface area contributed by atoms with E-state index >= 15 is 0 Å². The molecule has 0 amide bonds. The quantitative estimate of drug-likeness (QED) is 0.713. The van der Waals surface area contributed by atoms with Gasteiger partial charge in [-0.05, 0) is 0 Å². The van der Waals surface area contributed by atoms with Gasteiger partial charge < -0.3 is 0 Å². The monoisotopic (exact) mass is 368 g/mol. The zero-order valence-corrected chi connectivity index (χ0v) is 13.8. The molecule has 2 aromatic carbocycles. The van der Waals surface area contributed by atoms with Gasteiger partial charge in [0.25, 0.3) is 0 Å². The molecule has 18 heavy (non-hydrogen) atoms. The summed E-state index contributed by atoms with van der Waals surface area (Å²) in [5.41, 5.74) is 1.53. The van der Waals surface area contributed by atoms with Crippen LogP contribution in [0.1, 0.15) is 6.92 Å². The molecule has 0 aromatic heterocycles. The molecule has 0 aliphatic rings. The Hall–Kier alpha value is -0.781. The first kappa shape index (κ1) is 13.6. The first-order valence-electron chi connectivity index (χ1n) is 5.90. The van der Waals surface area contributed by atoms with Crippen molar-refractivity contribution in [2.45, 2.75) is 12.2 Å². The summed E-state index contributed by atoms with van der Waals surface area (Å²) in [6.45, 7) is 2.26. The van der Waals surface area contributed by atoms with E-state index in [0.717, 1.165) is 0 Å². The standard InChI is InChI=1S/C16H16Se2/c1-14(12-17-15-8-4-2-5-9-15)13-18-16-10-6-3-7-11-16/h2-12H,13H2,1H3. The summed E-state index contributed by atoms with van der Waals surface area (Å²) in [6.07, 6.45) is 0. The van der Waals surface area contributed by atoms with Crippen molar-refractivity contribution in [3.05, 3.63) is 71.2 Å². The van der Waals surface area contributed by atoms with Crippen molar-refractivity contribution in [1.82, 2.24) is 0 Å². The fraction of sp³-hybridized carbons (Fsp3) is 0.125. The number of hydrogen-bond donors (Lipinski definition) is 0. The van der Waals surface area contributed by atoms with Crippen molar-refractivity contribution in [2.75, 3.05) is 0 Å². The van der Waals surface area contributed by atoms with Crippen molar-refractivity contribution in [3.63, 3.8) is 0 Å². The average molecular weight is 366 g/mol. The third kappa shape index (κ3) is 4.84. The Balaban J connectivity index is 1.83. The molecular formula is C16H16Se2. The first-order valence-corrected chi connectivity index (χ1v) is 9.81. The number of rotatable bonds is 5. The fourth-order valence-electron chi connectivity index (χ4n) is 1.42. The Bertz CT molecular complexity index is 489. The van der Waals surface area contributed by atoms with Crippen LogP contribution in [0.4, 0.5) is 0 Å². The molecule has 0 fully saturated rings. The van der Waals surface area contributed by atoms with E-state index in [2.05, 4.69) is 72.6 Å². The Morgan fingerprint density at radius 3 is 2.06 bits per heavy atom. The van der Waals surface area contributed by atoms with Crippen molar-refractivity contribution in [1.29, 1.82) is 0 Å². The molecular weight excluding hydrogens is 350 g/mol. The third-order valence-electron chi connectivity index (χ3n) is 2.35. The van der Waals surface area contributed by atoms with Crippen LogP contribution >= 0.6 is 0 Å². The molecule has 2 heteroatoms. The maximum atomic E-state index is 2.42. The normalized spacial score (nSPS) is 11.5. The second-order valence-electron chi connectivity index (χ2n) is 4.00. The van der Waals surface area contributed by atoms with Gasteiger partial charge in [-0.15, -0.1) is 0 Å². The van der Waals surface area contributed by atoms with Crippen LogP contribution < -0.4 is 8.92 Å². The summed E-state index contributed by atoms with van der Waals surface area (Å²) < 4.78 is 2.95. The number of hydrogen-bond acceptors (Lipinski definition) is 0. The summed E-state index contributed by atoms with van der Waals surface area (Å²) in [4.78, 5) is 2.42. The predicted octanol–water partition coefficient (Wildman–Crippen LogP) is 2.37. The molecule has 92 valence electrons. The third-order valence-corrected chi connectivity index (χ3v) is 7.11. The molecule has 0 aliphatic heterocycles. The van der Waals surface area contributed by atoms with Gasteiger partial charge in [0.1, 0.15) is 0 Å². The van der Waals surface area contributed by atoms with Crippen molar-refractivity contribution >= 4 is 38.8 Å². The Morgan fingerprint density at radius 2 is 1.44 bits per heavy atom. The van der Waals surface area contributed by atoms with Gasteiger partial charge in [0.15, 0.2) is 0 Å². The van der Waals surface area contributed by atoms with Crippen molar-refractivity contribution in [3.8, 4) is 0 Å². The van der Waals surface area contributed by atoms with E-state index in [1.54, 1.807) is 0 Å². The Labute approximate surface area is 122 Å². The molecule has 0 radical (unpaired) electrons. The van der Waals surface area contributed by atoms with Crippen LogP contribution in [0, 0.1) is 0 Å². The summed E-state index contributed by atoms with van der Waals surface area (Å²) in [6, 6.07) is 21.6. The molecule has 0 bridgehead atoms. The summed E-state index contributed by atoms with van der Waals surface area (Å²) >= 11 is 1.06. The average Bonchev–Trinajstić information content (AvgIpc) is 2.45. The van der Waals surface area contributed by atoms with Crippen molar-refractivity contribution < 1.29 is 0 Å². The summed E-state index contributed by atoms with van der Waals surface area (Å²) in [5.74, 6) is 0. The molecule has 2 rings (SSSR count). The van der Waals surface area contributed by atoms with E-state index in [0.29, 0.717) is 29.9 Å². The van der Waals surface area contributed by atoms with Gasteiger partial charge in [-0.25, -0.2) is 0 Å². The Morgan fingerprint density at radius 1 is 0.889 bits per heavy atom. The van der Waals surface area contributed by atoms with Crippen molar-refractivity contribution in [2.24, 2.45) is 0 Å². The van der Waals surface area contributed by atoms with Crippen LogP contribution in [0.3, 0.4) is 0 Å². The van der Waals surface area contributed by atoms with Crippen LogP contribution in [-0.2, 0) is 0 Å². The fourth-order valence-corrected chi connectivity index (χ4v) is 5.23. The number of allylic oxidation sites excluding steroid dienone is 1. The van der Waals surface area contributed by atoms with Gasteiger partial charge in [0, 0.05) is 0 Å². The second kappa shape index (κ2) is 7.61. The molecule has 0 heterocycles. The van der Waals surface area contributed by atoms with Crippen LogP contribution in [-0.4, -0.2) is 29.9 Å². The van der Waals surface area contributed by atoms with Gasteiger partial charge in [-0.2, -0.15) is 0 Å². The molecule has 2 aromatic rings. The van der Waals surface area contributed by atoms with Crippen LogP contribution in [0.15, 0.2) is 71.2 Å². The van der Waals surface area contributed by atoms with Crippen LogP contribution in [0.25, 0.3) is 0 Å². The minimum atomic E-state index is 0.484. The second-order valence-corrected chi connectivity index (χ2v) is 8.18. The van der Waals surface area contributed by atoms with E-state index in [1.807, 2.05) is 0 Å². The van der Waals surface area contributed by atoms with Gasteiger partial charge in [-0.1, -0.05) is 0 Å². The Kier molecular flexibility index (Phi) is 5.77. The van der Waals surface area contributed by atoms with E-state index < -0.39 is 0 Å². The van der Waals surface area contributed by atoms with E-state index in [-0.39, 0.29) is 0 Å². The topological polar surface area (TPSA) is 0 Å². The molecule has 0 saturated heterocycles. The maximum absolute atomic E-state index is 2.42. The molecule has 0 nitrogen and oxygen atoms in total. The molecule has 0 unspecified atom stereocenters. The molecule has 0 spiro atoms. The molecule has 0 atom stereocenters. The van der Waals surface area contributed by atoms with Gasteiger partial charge in [-0.3, -0.25) is 0 Å².